The summed E-state index contributed by atoms with van der Waals surface area (Å²) in [6, 6.07) is 9.07. The number of anilines is 1. The monoisotopic (exact) mass is 516 g/mol. The number of aliphatic hydroxyl groups is 1. The molecule has 4 N–H and O–H groups in total. The maximum atomic E-state index is 12.9. The van der Waals surface area contributed by atoms with Crippen molar-refractivity contribution in [2.75, 3.05) is 33.2 Å². The minimum atomic E-state index is -0.938. The molecule has 0 fully saturated rings. The van der Waals surface area contributed by atoms with Crippen molar-refractivity contribution in [1.82, 2.24) is 24.5 Å². The van der Waals surface area contributed by atoms with Crippen LogP contribution in [0.5, 0.6) is 17.2 Å². The average Bonchev–Trinajstić information content (AvgIpc) is 3.61. The first-order valence-corrected chi connectivity index (χ1v) is 11.9. The van der Waals surface area contributed by atoms with E-state index in [0.717, 1.165) is 22.3 Å². The van der Waals surface area contributed by atoms with Crippen molar-refractivity contribution < 1.29 is 19.3 Å². The number of ether oxygens (including phenoxy) is 3. The van der Waals surface area contributed by atoms with E-state index in [4.69, 9.17) is 19.2 Å². The van der Waals surface area contributed by atoms with E-state index in [1.54, 1.807) is 36.9 Å². The van der Waals surface area contributed by atoms with Crippen LogP contribution in [0.3, 0.4) is 0 Å². The van der Waals surface area contributed by atoms with Crippen molar-refractivity contribution in [3.63, 3.8) is 0 Å². The number of rotatable bonds is 9. The molecule has 0 saturated carbocycles. The molecular formula is C27H28N6O5. The minimum Gasteiger partial charge on any atom is -0.493 e. The highest BCUT2D eigenvalue weighted by Gasteiger charge is 2.20. The summed E-state index contributed by atoms with van der Waals surface area (Å²) in [5, 5.41) is 14.1. The predicted octanol–water partition coefficient (Wildman–Crippen LogP) is 3.58. The van der Waals surface area contributed by atoms with Crippen molar-refractivity contribution in [1.29, 1.82) is 0 Å². The van der Waals surface area contributed by atoms with Crippen molar-refractivity contribution in [2.45, 2.75) is 13.0 Å². The lowest BCUT2D eigenvalue weighted by atomic mass is 10.1. The fraction of sp³-hybridized carbons (Fsp3) is 0.222. The third-order valence-electron chi connectivity index (χ3n) is 6.32. The van der Waals surface area contributed by atoms with Crippen LogP contribution in [0.25, 0.3) is 28.1 Å². The Kier molecular flexibility index (Phi) is 6.75. The summed E-state index contributed by atoms with van der Waals surface area (Å²) in [6.45, 7) is 2.08. The van der Waals surface area contributed by atoms with E-state index >= 15 is 0 Å². The van der Waals surface area contributed by atoms with Gasteiger partial charge in [-0.25, -0.2) is 9.97 Å². The number of hydrogen-bond donors (Lipinski definition) is 4. The Hall–Kier alpha value is -4.77. The number of aliphatic hydroxyl groups excluding tert-OH is 1. The largest absolute Gasteiger partial charge is 0.493 e. The van der Waals surface area contributed by atoms with Gasteiger partial charge >= 0.3 is 0 Å². The van der Waals surface area contributed by atoms with Crippen molar-refractivity contribution >= 4 is 16.7 Å². The number of H-pyrrole nitrogens is 2. The smallest absolute Gasteiger partial charge is 0.261 e. The zero-order chi connectivity index (χ0) is 26.8. The zero-order valence-electron chi connectivity index (χ0n) is 21.4. The van der Waals surface area contributed by atoms with Crippen molar-refractivity contribution in [3.05, 3.63) is 76.7 Å². The molecule has 0 spiro atoms. The molecule has 11 heteroatoms. The molecule has 5 rings (SSSR count). The van der Waals surface area contributed by atoms with Crippen LogP contribution in [0.2, 0.25) is 0 Å². The van der Waals surface area contributed by atoms with Crippen LogP contribution < -0.4 is 25.1 Å². The summed E-state index contributed by atoms with van der Waals surface area (Å²) >= 11 is 0. The molecule has 0 amide bonds. The number of pyridine rings is 1. The van der Waals surface area contributed by atoms with Crippen LogP contribution in [0, 0.1) is 6.92 Å². The van der Waals surface area contributed by atoms with Crippen LogP contribution in [-0.4, -0.2) is 57.5 Å². The normalized spacial score (nSPS) is 11.9. The first-order chi connectivity index (χ1) is 18.4. The second kappa shape index (κ2) is 10.3. The lowest BCUT2D eigenvalue weighted by Crippen LogP contribution is -2.17. The molecule has 3 heterocycles. The molecule has 0 aliphatic heterocycles. The number of nitrogens with one attached hydrogen (secondary N) is 3. The molecule has 38 heavy (non-hydrogen) atoms. The topological polar surface area (TPSA) is 139 Å². The number of nitrogens with zero attached hydrogens (tertiary/aromatic N) is 3. The molecule has 0 bridgehead atoms. The van der Waals surface area contributed by atoms with E-state index in [0.29, 0.717) is 39.9 Å². The van der Waals surface area contributed by atoms with E-state index in [1.807, 2.05) is 29.8 Å². The van der Waals surface area contributed by atoms with Crippen molar-refractivity contribution in [2.24, 2.45) is 0 Å². The van der Waals surface area contributed by atoms with Gasteiger partial charge < -0.3 is 39.2 Å². The SMILES string of the molecule is COc1cc(C(O)CNc2cc[nH]c(=O)c2-c2nc3c(C)cc(-n4ccnc4)cc3[nH]2)cc(OC)c1OC. The van der Waals surface area contributed by atoms with E-state index in [9.17, 15) is 9.90 Å². The molecule has 2 aromatic carbocycles. The van der Waals surface area contributed by atoms with Gasteiger partial charge in [0.2, 0.25) is 5.75 Å². The lowest BCUT2D eigenvalue weighted by molar-refractivity contribution is 0.190. The standard InChI is InChI=1S/C27H28N6O5/c1-15-9-17(33-8-7-28-14-33)12-19-24(15)32-26(31-19)23-18(5-6-29-27(23)35)30-13-20(34)16-10-21(36-2)25(38-4)22(11-16)37-3/h5-12,14,20,34H,13H2,1-4H3,(H,31,32)(H2,29,30,35). The number of aromatic amines is 2. The highest BCUT2D eigenvalue weighted by Crippen LogP contribution is 2.39. The quantitative estimate of drug-likeness (QED) is 0.233. The Labute approximate surface area is 218 Å². The second-order valence-electron chi connectivity index (χ2n) is 8.67. The Balaban J connectivity index is 1.46. The molecule has 3 aromatic heterocycles. The first kappa shape index (κ1) is 24.9. The van der Waals surface area contributed by atoms with Gasteiger partial charge in [0.25, 0.3) is 5.56 Å². The Morgan fingerprint density at radius 1 is 1.11 bits per heavy atom. The minimum absolute atomic E-state index is 0.110. The van der Waals surface area contributed by atoms with Gasteiger partial charge in [-0.05, 0) is 48.4 Å². The van der Waals surface area contributed by atoms with E-state index in [2.05, 4.69) is 20.3 Å². The predicted molar refractivity (Wildman–Crippen MR) is 144 cm³/mol. The number of methoxy groups -OCH3 is 3. The van der Waals surface area contributed by atoms with E-state index in [1.165, 1.54) is 21.3 Å². The highest BCUT2D eigenvalue weighted by atomic mass is 16.5. The zero-order valence-corrected chi connectivity index (χ0v) is 21.4. The van der Waals surface area contributed by atoms with Gasteiger partial charge in [-0.3, -0.25) is 4.79 Å². The lowest BCUT2D eigenvalue weighted by Gasteiger charge is -2.18. The summed E-state index contributed by atoms with van der Waals surface area (Å²) in [5.74, 6) is 1.72. The third-order valence-corrected chi connectivity index (χ3v) is 6.32. The van der Waals surface area contributed by atoms with Gasteiger partial charge in [0, 0.05) is 30.8 Å². The molecule has 5 aromatic rings. The summed E-state index contributed by atoms with van der Waals surface area (Å²) in [7, 11) is 4.55. The molecule has 11 nitrogen and oxygen atoms in total. The van der Waals surface area contributed by atoms with Crippen LogP contribution in [0.1, 0.15) is 17.2 Å². The number of aryl methyl sites for hydroxylation is 1. The molecule has 0 aliphatic rings. The van der Waals surface area contributed by atoms with Gasteiger partial charge in [0.1, 0.15) is 11.4 Å². The molecule has 1 atom stereocenters. The van der Waals surface area contributed by atoms with Crippen LogP contribution in [0.4, 0.5) is 5.69 Å². The fourth-order valence-electron chi connectivity index (χ4n) is 4.43. The van der Waals surface area contributed by atoms with Gasteiger partial charge in [0.15, 0.2) is 11.5 Å². The van der Waals surface area contributed by atoms with Crippen molar-refractivity contribution in [3.8, 4) is 34.3 Å². The molecule has 0 radical (unpaired) electrons. The summed E-state index contributed by atoms with van der Waals surface area (Å²) in [5.41, 5.74) is 4.53. The van der Waals surface area contributed by atoms with E-state index in [-0.39, 0.29) is 12.1 Å². The summed E-state index contributed by atoms with van der Waals surface area (Å²) < 4.78 is 18.1. The van der Waals surface area contributed by atoms with Crippen LogP contribution in [0.15, 0.2) is 60.0 Å². The molecule has 196 valence electrons. The van der Waals surface area contributed by atoms with Gasteiger partial charge in [-0.15, -0.1) is 0 Å². The maximum absolute atomic E-state index is 12.9. The highest BCUT2D eigenvalue weighted by molar-refractivity contribution is 5.86. The Morgan fingerprint density at radius 2 is 1.87 bits per heavy atom. The van der Waals surface area contributed by atoms with Gasteiger partial charge in [-0.2, -0.15) is 0 Å². The molecule has 1 unspecified atom stereocenters. The second-order valence-corrected chi connectivity index (χ2v) is 8.67. The number of fused-ring (bicyclic) bond motifs is 1. The molecule has 0 saturated heterocycles. The Bertz CT molecular complexity index is 1620. The fourth-order valence-corrected chi connectivity index (χ4v) is 4.43. The number of hydrogen-bond acceptors (Lipinski definition) is 8. The number of imidazole rings is 2. The van der Waals surface area contributed by atoms with E-state index < -0.39 is 6.10 Å². The maximum Gasteiger partial charge on any atom is 0.261 e. The van der Waals surface area contributed by atoms with Gasteiger partial charge in [0.05, 0.1) is 50.5 Å². The van der Waals surface area contributed by atoms with Crippen LogP contribution in [-0.2, 0) is 0 Å². The average molecular weight is 517 g/mol. The van der Waals surface area contributed by atoms with Crippen LogP contribution >= 0.6 is 0 Å². The summed E-state index contributed by atoms with van der Waals surface area (Å²) in [6.07, 6.45) is 5.91. The first-order valence-electron chi connectivity index (χ1n) is 11.9. The molecule has 0 aliphatic carbocycles. The Morgan fingerprint density at radius 3 is 2.53 bits per heavy atom. The van der Waals surface area contributed by atoms with Gasteiger partial charge in [-0.1, -0.05) is 0 Å². The summed E-state index contributed by atoms with van der Waals surface area (Å²) in [4.78, 5) is 27.8. The molecular weight excluding hydrogens is 488 g/mol. The number of aromatic nitrogens is 5. The third kappa shape index (κ3) is 4.55. The number of benzene rings is 2.